The zero-order valence-electron chi connectivity index (χ0n) is 14.6. The highest BCUT2D eigenvalue weighted by atomic mass is 16.5. The number of pyridine rings is 1. The summed E-state index contributed by atoms with van der Waals surface area (Å²) in [5, 5.41) is 3.33. The molecule has 1 N–H and O–H groups in total. The van der Waals surface area contributed by atoms with Gasteiger partial charge in [0.05, 0.1) is 5.69 Å². The highest BCUT2D eigenvalue weighted by Gasteiger charge is 2.29. The molecule has 5 heteroatoms. The van der Waals surface area contributed by atoms with Crippen LogP contribution in [0.25, 0.3) is 16.7 Å². The Labute approximate surface area is 152 Å². The van der Waals surface area contributed by atoms with Gasteiger partial charge in [0.2, 0.25) is 5.88 Å². The smallest absolute Gasteiger partial charge is 0.214 e. The molecule has 1 aliphatic heterocycles. The van der Waals surface area contributed by atoms with Crippen molar-refractivity contribution in [2.45, 2.75) is 31.8 Å². The van der Waals surface area contributed by atoms with E-state index in [0.717, 1.165) is 47.8 Å². The fourth-order valence-corrected chi connectivity index (χ4v) is 3.32. The molecule has 3 aromatic rings. The predicted molar refractivity (Wildman–Crippen MR) is 100 cm³/mol. The molecular formula is C21H21N3O2. The van der Waals surface area contributed by atoms with Crippen molar-refractivity contribution in [2.24, 2.45) is 0 Å². The van der Waals surface area contributed by atoms with Crippen LogP contribution in [-0.4, -0.2) is 23.1 Å². The first-order chi connectivity index (χ1) is 12.9. The molecule has 1 aromatic carbocycles. The van der Waals surface area contributed by atoms with Gasteiger partial charge in [-0.3, -0.25) is 0 Å². The standard InChI is InChI=1S/C21H21N3O2/c1-3-16(20-18(5-1)24-21(26-20)15-7-8-15)13-25-19-6-2-4-17(23-19)14-9-11-22-12-10-14/h1-6,9,15,22H,7-8,10-13H2. The van der Waals surface area contributed by atoms with Crippen molar-refractivity contribution in [1.29, 1.82) is 0 Å². The monoisotopic (exact) mass is 347 g/mol. The van der Waals surface area contributed by atoms with Crippen LogP contribution >= 0.6 is 0 Å². The molecular weight excluding hydrogens is 326 g/mol. The third kappa shape index (κ3) is 3.10. The van der Waals surface area contributed by atoms with Crippen molar-refractivity contribution in [2.75, 3.05) is 13.1 Å². The minimum absolute atomic E-state index is 0.424. The van der Waals surface area contributed by atoms with Gasteiger partial charge >= 0.3 is 0 Å². The van der Waals surface area contributed by atoms with Gasteiger partial charge < -0.3 is 14.5 Å². The molecule has 2 aliphatic rings. The maximum Gasteiger partial charge on any atom is 0.214 e. The molecule has 5 rings (SSSR count). The Morgan fingerprint density at radius 2 is 2.04 bits per heavy atom. The Morgan fingerprint density at radius 3 is 2.88 bits per heavy atom. The van der Waals surface area contributed by atoms with E-state index in [1.54, 1.807) is 0 Å². The van der Waals surface area contributed by atoms with Gasteiger partial charge in [0, 0.05) is 24.1 Å². The van der Waals surface area contributed by atoms with Crippen LogP contribution in [0.15, 0.2) is 46.9 Å². The zero-order valence-corrected chi connectivity index (χ0v) is 14.6. The number of aromatic nitrogens is 2. The van der Waals surface area contributed by atoms with Gasteiger partial charge in [-0.25, -0.2) is 9.97 Å². The highest BCUT2D eigenvalue weighted by Crippen LogP contribution is 2.41. The number of hydrogen-bond donors (Lipinski definition) is 1. The van der Waals surface area contributed by atoms with Gasteiger partial charge in [0.1, 0.15) is 12.1 Å². The molecule has 0 unspecified atom stereocenters. The topological polar surface area (TPSA) is 60.2 Å². The normalized spacial score (nSPS) is 17.3. The quantitative estimate of drug-likeness (QED) is 0.754. The van der Waals surface area contributed by atoms with Crippen molar-refractivity contribution in [1.82, 2.24) is 15.3 Å². The maximum atomic E-state index is 6.00. The lowest BCUT2D eigenvalue weighted by atomic mass is 10.1. The van der Waals surface area contributed by atoms with Crippen LogP contribution in [0.3, 0.4) is 0 Å². The summed E-state index contributed by atoms with van der Waals surface area (Å²) >= 11 is 0. The van der Waals surface area contributed by atoms with Crippen molar-refractivity contribution >= 4 is 16.7 Å². The van der Waals surface area contributed by atoms with E-state index in [4.69, 9.17) is 9.15 Å². The van der Waals surface area contributed by atoms with E-state index in [0.29, 0.717) is 18.4 Å². The van der Waals surface area contributed by atoms with Gasteiger partial charge in [0.25, 0.3) is 0 Å². The van der Waals surface area contributed by atoms with Crippen LogP contribution in [0, 0.1) is 0 Å². The number of nitrogens with zero attached hydrogens (tertiary/aromatic N) is 2. The summed E-state index contributed by atoms with van der Waals surface area (Å²) in [5.41, 5.74) is 5.04. The second-order valence-corrected chi connectivity index (χ2v) is 6.92. The lowest BCUT2D eigenvalue weighted by Gasteiger charge is -2.14. The second kappa shape index (κ2) is 6.57. The highest BCUT2D eigenvalue weighted by molar-refractivity contribution is 5.76. The van der Waals surface area contributed by atoms with Crippen molar-refractivity contribution in [3.63, 3.8) is 0 Å². The molecule has 2 aromatic heterocycles. The average Bonchev–Trinajstić information content (AvgIpc) is 3.46. The summed E-state index contributed by atoms with van der Waals surface area (Å²) in [6, 6.07) is 12.0. The number of para-hydroxylation sites is 1. The summed E-state index contributed by atoms with van der Waals surface area (Å²) in [7, 11) is 0. The lowest BCUT2D eigenvalue weighted by molar-refractivity contribution is 0.293. The Morgan fingerprint density at radius 1 is 1.12 bits per heavy atom. The van der Waals surface area contributed by atoms with E-state index in [9.17, 15) is 0 Å². The molecule has 0 amide bonds. The van der Waals surface area contributed by atoms with Gasteiger partial charge in [0.15, 0.2) is 11.5 Å². The first kappa shape index (κ1) is 15.6. The summed E-state index contributed by atoms with van der Waals surface area (Å²) in [6.07, 6.45) is 5.56. The van der Waals surface area contributed by atoms with Gasteiger partial charge in [-0.15, -0.1) is 0 Å². The molecule has 26 heavy (non-hydrogen) atoms. The Bertz CT molecular complexity index is 972. The van der Waals surface area contributed by atoms with Gasteiger partial charge in [-0.1, -0.05) is 24.3 Å². The third-order valence-corrected chi connectivity index (χ3v) is 4.93. The van der Waals surface area contributed by atoms with Crippen molar-refractivity contribution < 1.29 is 9.15 Å². The van der Waals surface area contributed by atoms with E-state index >= 15 is 0 Å². The first-order valence-corrected chi connectivity index (χ1v) is 9.25. The summed E-state index contributed by atoms with van der Waals surface area (Å²) < 4.78 is 12.0. The number of nitrogens with one attached hydrogen (secondary N) is 1. The fraction of sp³-hybridized carbons (Fsp3) is 0.333. The van der Waals surface area contributed by atoms with Crippen molar-refractivity contribution in [3.8, 4) is 5.88 Å². The van der Waals surface area contributed by atoms with Crippen molar-refractivity contribution in [3.05, 3.63) is 59.6 Å². The number of rotatable bonds is 5. The van der Waals surface area contributed by atoms with E-state index in [2.05, 4.69) is 21.4 Å². The number of oxazole rings is 1. The zero-order chi connectivity index (χ0) is 17.3. The average molecular weight is 347 g/mol. The van der Waals surface area contributed by atoms with E-state index in [1.165, 1.54) is 18.4 Å². The third-order valence-electron chi connectivity index (χ3n) is 4.93. The molecule has 0 radical (unpaired) electrons. The molecule has 0 saturated heterocycles. The molecule has 0 bridgehead atoms. The Kier molecular flexibility index (Phi) is 3.94. The number of fused-ring (bicyclic) bond motifs is 1. The Hall–Kier alpha value is -2.66. The predicted octanol–water partition coefficient (Wildman–Crippen LogP) is 4.06. The van der Waals surface area contributed by atoms with Crippen LogP contribution in [0.5, 0.6) is 5.88 Å². The van der Waals surface area contributed by atoms with E-state index in [1.807, 2.05) is 36.4 Å². The number of hydrogen-bond acceptors (Lipinski definition) is 5. The Balaban J connectivity index is 1.36. The molecule has 3 heterocycles. The number of benzene rings is 1. The summed E-state index contributed by atoms with van der Waals surface area (Å²) in [4.78, 5) is 9.28. The summed E-state index contributed by atoms with van der Waals surface area (Å²) in [5.74, 6) is 2.01. The van der Waals surface area contributed by atoms with Gasteiger partial charge in [-0.05, 0) is 43.5 Å². The van der Waals surface area contributed by atoms with Crippen LogP contribution in [0.4, 0.5) is 0 Å². The van der Waals surface area contributed by atoms with E-state index in [-0.39, 0.29) is 0 Å². The summed E-state index contributed by atoms with van der Waals surface area (Å²) in [6.45, 7) is 2.32. The van der Waals surface area contributed by atoms with Crippen LogP contribution in [-0.2, 0) is 6.61 Å². The molecule has 1 saturated carbocycles. The molecule has 1 fully saturated rings. The second-order valence-electron chi connectivity index (χ2n) is 6.92. The SMILES string of the molecule is C1=C(c2cccc(OCc3cccc4nc(C5CC5)oc34)n2)CCNC1. The first-order valence-electron chi connectivity index (χ1n) is 9.25. The molecule has 5 nitrogen and oxygen atoms in total. The molecule has 132 valence electrons. The maximum absolute atomic E-state index is 6.00. The van der Waals surface area contributed by atoms with Gasteiger partial charge in [-0.2, -0.15) is 0 Å². The number of ether oxygens (including phenoxy) is 1. The molecule has 0 spiro atoms. The molecule has 0 atom stereocenters. The minimum atomic E-state index is 0.424. The largest absolute Gasteiger partial charge is 0.473 e. The fourth-order valence-electron chi connectivity index (χ4n) is 3.32. The van der Waals surface area contributed by atoms with Crippen LogP contribution in [0.2, 0.25) is 0 Å². The van der Waals surface area contributed by atoms with Crippen LogP contribution < -0.4 is 10.1 Å². The minimum Gasteiger partial charge on any atom is -0.473 e. The van der Waals surface area contributed by atoms with Crippen LogP contribution in [0.1, 0.15) is 42.3 Å². The molecule has 1 aliphatic carbocycles. The lowest BCUT2D eigenvalue weighted by Crippen LogP contribution is -2.20. The van der Waals surface area contributed by atoms with E-state index < -0.39 is 0 Å².